The van der Waals surface area contributed by atoms with Crippen LogP contribution in [-0.2, 0) is 17.4 Å². The highest BCUT2D eigenvalue weighted by molar-refractivity contribution is 7.12. The van der Waals surface area contributed by atoms with Crippen LogP contribution in [0.25, 0.3) is 0 Å². The Labute approximate surface area is 123 Å². The van der Waals surface area contributed by atoms with Crippen LogP contribution >= 0.6 is 22.7 Å². The molecule has 0 aliphatic heterocycles. The molecule has 0 spiro atoms. The van der Waals surface area contributed by atoms with Gasteiger partial charge in [-0.2, -0.15) is 0 Å². The van der Waals surface area contributed by atoms with E-state index in [1.165, 1.54) is 4.88 Å². The molecule has 4 heteroatoms. The van der Waals surface area contributed by atoms with Gasteiger partial charge in [0.25, 0.3) is 0 Å². The number of aromatic nitrogens is 1. The van der Waals surface area contributed by atoms with Crippen molar-refractivity contribution in [3.8, 4) is 0 Å². The predicted molar refractivity (Wildman–Crippen MR) is 83.1 cm³/mol. The molecule has 0 aliphatic rings. The zero-order valence-electron chi connectivity index (χ0n) is 12.2. The van der Waals surface area contributed by atoms with Gasteiger partial charge in [-0.25, -0.2) is 4.98 Å². The summed E-state index contributed by atoms with van der Waals surface area (Å²) in [5.74, 6) is 0. The fourth-order valence-corrected chi connectivity index (χ4v) is 3.92. The molecule has 104 valence electrons. The summed E-state index contributed by atoms with van der Waals surface area (Å²) < 4.78 is 0. The molecule has 2 aromatic heterocycles. The predicted octanol–water partition coefficient (Wildman–Crippen LogP) is 4.26. The SMILES string of the molecule is Cc1ccc(C(C)(O)Cc2nc(C(C)(C)C)cs2)s1. The Balaban J connectivity index is 2.18. The summed E-state index contributed by atoms with van der Waals surface area (Å²) >= 11 is 3.29. The van der Waals surface area contributed by atoms with Gasteiger partial charge in [0.15, 0.2) is 0 Å². The van der Waals surface area contributed by atoms with E-state index >= 15 is 0 Å². The molecule has 0 bridgehead atoms. The van der Waals surface area contributed by atoms with Gasteiger partial charge >= 0.3 is 0 Å². The van der Waals surface area contributed by atoms with Gasteiger partial charge < -0.3 is 5.11 Å². The number of hydrogen-bond donors (Lipinski definition) is 1. The van der Waals surface area contributed by atoms with E-state index in [1.807, 2.05) is 13.0 Å². The van der Waals surface area contributed by atoms with Crippen molar-refractivity contribution in [3.63, 3.8) is 0 Å². The van der Waals surface area contributed by atoms with Gasteiger partial charge in [-0.1, -0.05) is 20.8 Å². The summed E-state index contributed by atoms with van der Waals surface area (Å²) in [6.45, 7) is 10.4. The van der Waals surface area contributed by atoms with Gasteiger partial charge in [0.05, 0.1) is 10.7 Å². The minimum atomic E-state index is -0.827. The summed E-state index contributed by atoms with van der Waals surface area (Å²) in [5, 5.41) is 13.7. The topological polar surface area (TPSA) is 33.1 Å². The number of thiazole rings is 1. The Hall–Kier alpha value is -0.710. The maximum atomic E-state index is 10.6. The van der Waals surface area contributed by atoms with E-state index in [4.69, 9.17) is 0 Å². The Kier molecular flexibility index (Phi) is 3.87. The first-order chi connectivity index (χ1) is 8.68. The second kappa shape index (κ2) is 5.00. The fraction of sp³-hybridized carbons (Fsp3) is 0.533. The third-order valence-electron chi connectivity index (χ3n) is 3.09. The molecule has 2 aromatic rings. The highest BCUT2D eigenvalue weighted by Crippen LogP contribution is 2.33. The van der Waals surface area contributed by atoms with Crippen LogP contribution in [-0.4, -0.2) is 10.1 Å². The number of nitrogens with zero attached hydrogens (tertiary/aromatic N) is 1. The van der Waals surface area contributed by atoms with Crippen LogP contribution in [0.4, 0.5) is 0 Å². The maximum Gasteiger partial charge on any atom is 0.102 e. The Morgan fingerprint density at radius 1 is 1.21 bits per heavy atom. The minimum absolute atomic E-state index is 0.0696. The molecular formula is C15H21NOS2. The monoisotopic (exact) mass is 295 g/mol. The summed E-state index contributed by atoms with van der Waals surface area (Å²) in [4.78, 5) is 6.90. The first kappa shape index (κ1) is 14.7. The lowest BCUT2D eigenvalue weighted by atomic mass is 9.93. The highest BCUT2D eigenvalue weighted by Gasteiger charge is 2.27. The lowest BCUT2D eigenvalue weighted by Crippen LogP contribution is -2.23. The molecule has 2 heterocycles. The van der Waals surface area contributed by atoms with Crippen LogP contribution in [0.15, 0.2) is 17.5 Å². The highest BCUT2D eigenvalue weighted by atomic mass is 32.1. The van der Waals surface area contributed by atoms with Crippen molar-refractivity contribution in [2.24, 2.45) is 0 Å². The lowest BCUT2D eigenvalue weighted by Gasteiger charge is -2.20. The lowest BCUT2D eigenvalue weighted by molar-refractivity contribution is 0.0613. The normalized spacial score (nSPS) is 15.5. The molecule has 0 saturated carbocycles. The van der Waals surface area contributed by atoms with Crippen LogP contribution in [0.5, 0.6) is 0 Å². The Bertz CT molecular complexity index is 561. The number of aryl methyl sites for hydroxylation is 1. The molecule has 2 rings (SSSR count). The van der Waals surface area contributed by atoms with Gasteiger partial charge in [-0.15, -0.1) is 22.7 Å². The van der Waals surface area contributed by atoms with E-state index in [2.05, 4.69) is 44.1 Å². The summed E-state index contributed by atoms with van der Waals surface area (Å²) in [5.41, 5.74) is 0.345. The molecule has 0 saturated heterocycles. The molecule has 0 aromatic carbocycles. The average molecular weight is 295 g/mol. The maximum absolute atomic E-state index is 10.6. The van der Waals surface area contributed by atoms with E-state index in [9.17, 15) is 5.11 Å². The van der Waals surface area contributed by atoms with Gasteiger partial charge in [-0.3, -0.25) is 0 Å². The molecule has 1 atom stereocenters. The average Bonchev–Trinajstić information content (AvgIpc) is 2.85. The van der Waals surface area contributed by atoms with Crippen LogP contribution in [0, 0.1) is 6.92 Å². The van der Waals surface area contributed by atoms with Gasteiger partial charge in [-0.05, 0) is 26.0 Å². The molecule has 1 unspecified atom stereocenters. The van der Waals surface area contributed by atoms with Crippen LogP contribution in [0.1, 0.15) is 48.2 Å². The number of thiophene rings is 1. The van der Waals surface area contributed by atoms with Crippen molar-refractivity contribution >= 4 is 22.7 Å². The first-order valence-electron chi connectivity index (χ1n) is 6.43. The van der Waals surface area contributed by atoms with Gasteiger partial charge in [0, 0.05) is 27.0 Å². The number of aliphatic hydroxyl groups is 1. The van der Waals surface area contributed by atoms with Crippen molar-refractivity contribution in [2.45, 2.75) is 52.1 Å². The molecule has 2 nitrogen and oxygen atoms in total. The van der Waals surface area contributed by atoms with E-state index in [-0.39, 0.29) is 5.41 Å². The van der Waals surface area contributed by atoms with Crippen molar-refractivity contribution in [1.82, 2.24) is 4.98 Å². The Morgan fingerprint density at radius 2 is 1.89 bits per heavy atom. The van der Waals surface area contributed by atoms with Gasteiger partial charge in [0.2, 0.25) is 0 Å². The standard InChI is InChI=1S/C15H21NOS2/c1-10-6-7-12(19-10)15(5,17)8-13-16-11(9-18-13)14(2,3)4/h6-7,9,17H,8H2,1-5H3. The fourth-order valence-electron chi connectivity index (χ4n) is 1.84. The number of hydrogen-bond acceptors (Lipinski definition) is 4. The summed E-state index contributed by atoms with van der Waals surface area (Å²) in [7, 11) is 0. The molecule has 1 N–H and O–H groups in total. The van der Waals surface area contributed by atoms with Crippen molar-refractivity contribution < 1.29 is 5.11 Å². The third kappa shape index (κ3) is 3.44. The quantitative estimate of drug-likeness (QED) is 0.917. The van der Waals surface area contributed by atoms with Crippen molar-refractivity contribution in [1.29, 1.82) is 0 Å². The zero-order chi connectivity index (χ0) is 14.3. The third-order valence-corrected chi connectivity index (χ3v) is 5.19. The number of rotatable bonds is 3. The minimum Gasteiger partial charge on any atom is -0.384 e. The zero-order valence-corrected chi connectivity index (χ0v) is 13.8. The van der Waals surface area contributed by atoms with E-state index in [0.717, 1.165) is 15.6 Å². The van der Waals surface area contributed by atoms with E-state index < -0.39 is 5.60 Å². The molecule has 0 amide bonds. The largest absolute Gasteiger partial charge is 0.384 e. The molecule has 0 radical (unpaired) electrons. The second-order valence-corrected chi connectivity index (χ2v) is 8.47. The van der Waals surface area contributed by atoms with Crippen molar-refractivity contribution in [3.05, 3.63) is 38.0 Å². The first-order valence-corrected chi connectivity index (χ1v) is 8.12. The van der Waals surface area contributed by atoms with Crippen molar-refractivity contribution in [2.75, 3.05) is 0 Å². The molecular weight excluding hydrogens is 274 g/mol. The van der Waals surface area contributed by atoms with Crippen LogP contribution < -0.4 is 0 Å². The molecule has 19 heavy (non-hydrogen) atoms. The smallest absolute Gasteiger partial charge is 0.102 e. The van der Waals surface area contributed by atoms with Crippen LogP contribution in [0.2, 0.25) is 0 Å². The van der Waals surface area contributed by atoms with E-state index in [0.29, 0.717) is 6.42 Å². The second-order valence-electron chi connectivity index (χ2n) is 6.24. The summed E-state index contributed by atoms with van der Waals surface area (Å²) in [6.07, 6.45) is 0.577. The summed E-state index contributed by atoms with van der Waals surface area (Å²) in [6, 6.07) is 4.06. The van der Waals surface area contributed by atoms with Gasteiger partial charge in [0.1, 0.15) is 5.60 Å². The molecule has 0 aliphatic carbocycles. The molecule has 0 fully saturated rings. The van der Waals surface area contributed by atoms with Crippen LogP contribution in [0.3, 0.4) is 0 Å². The van der Waals surface area contributed by atoms with E-state index in [1.54, 1.807) is 22.7 Å². The Morgan fingerprint density at radius 3 is 2.37 bits per heavy atom.